The van der Waals surface area contributed by atoms with Crippen molar-refractivity contribution >= 4 is 36.0 Å². The molecule has 1 rings (SSSR count). The molecule has 0 aliphatic rings. The van der Waals surface area contributed by atoms with Crippen LogP contribution in [0.2, 0.25) is 0 Å². The van der Waals surface area contributed by atoms with Crippen molar-refractivity contribution in [2.45, 2.75) is 31.3 Å². The van der Waals surface area contributed by atoms with Gasteiger partial charge in [0.1, 0.15) is 5.82 Å². The summed E-state index contributed by atoms with van der Waals surface area (Å²) in [4.78, 5) is 24.3. The fraction of sp³-hybridized carbons (Fsp3) is 0.467. The standard InChI is InChI=1S/C15H22FN3O2S.ClH/c1-9(2)14(17)15(21)19-8-13(20)18-7-10-6-11(16)4-5-12(10)22-3;/h4-6,9,14H,7-8,17H2,1-3H3,(H,18,20)(H,19,21);1H/t14-;/m0./s1. The SMILES string of the molecule is CSc1ccc(F)cc1CNC(=O)CNC(=O)[C@@H](N)C(C)C.Cl. The minimum Gasteiger partial charge on any atom is -0.350 e. The summed E-state index contributed by atoms with van der Waals surface area (Å²) in [6.07, 6.45) is 1.88. The average Bonchev–Trinajstić information content (AvgIpc) is 2.49. The van der Waals surface area contributed by atoms with Crippen molar-refractivity contribution in [3.05, 3.63) is 29.6 Å². The van der Waals surface area contributed by atoms with E-state index < -0.39 is 6.04 Å². The summed E-state index contributed by atoms with van der Waals surface area (Å²) in [6, 6.07) is 3.80. The van der Waals surface area contributed by atoms with E-state index >= 15 is 0 Å². The predicted molar refractivity (Wildman–Crippen MR) is 93.1 cm³/mol. The minimum absolute atomic E-state index is 0. The number of nitrogens with two attached hydrogens (primary N) is 1. The zero-order chi connectivity index (χ0) is 16.7. The number of hydrogen-bond acceptors (Lipinski definition) is 4. The smallest absolute Gasteiger partial charge is 0.239 e. The van der Waals surface area contributed by atoms with Gasteiger partial charge >= 0.3 is 0 Å². The normalized spacial score (nSPS) is 11.6. The molecule has 23 heavy (non-hydrogen) atoms. The van der Waals surface area contributed by atoms with Crippen molar-refractivity contribution in [1.82, 2.24) is 10.6 Å². The number of amides is 2. The van der Waals surface area contributed by atoms with Gasteiger partial charge in [0.2, 0.25) is 11.8 Å². The summed E-state index contributed by atoms with van der Waals surface area (Å²) >= 11 is 1.48. The second-order valence-electron chi connectivity index (χ2n) is 5.22. The molecule has 0 spiro atoms. The third kappa shape index (κ3) is 7.20. The van der Waals surface area contributed by atoms with Gasteiger partial charge in [-0.05, 0) is 35.9 Å². The Morgan fingerprint density at radius 1 is 1.30 bits per heavy atom. The third-order valence-electron chi connectivity index (χ3n) is 3.16. The summed E-state index contributed by atoms with van der Waals surface area (Å²) in [6.45, 7) is 3.72. The highest BCUT2D eigenvalue weighted by atomic mass is 35.5. The molecular formula is C15H23ClFN3O2S. The van der Waals surface area contributed by atoms with Crippen LogP contribution in [0.1, 0.15) is 19.4 Å². The van der Waals surface area contributed by atoms with Crippen LogP contribution < -0.4 is 16.4 Å². The zero-order valence-electron chi connectivity index (χ0n) is 13.4. The molecule has 0 aliphatic carbocycles. The van der Waals surface area contributed by atoms with E-state index in [-0.39, 0.29) is 49.0 Å². The van der Waals surface area contributed by atoms with Gasteiger partial charge in [0.25, 0.3) is 0 Å². The van der Waals surface area contributed by atoms with Crippen molar-refractivity contribution in [2.75, 3.05) is 12.8 Å². The van der Waals surface area contributed by atoms with Gasteiger partial charge in [-0.25, -0.2) is 4.39 Å². The van der Waals surface area contributed by atoms with Crippen LogP contribution in [0.3, 0.4) is 0 Å². The maximum Gasteiger partial charge on any atom is 0.239 e. The predicted octanol–water partition coefficient (Wildman–Crippen LogP) is 1.69. The van der Waals surface area contributed by atoms with Gasteiger partial charge in [0, 0.05) is 11.4 Å². The monoisotopic (exact) mass is 363 g/mol. The van der Waals surface area contributed by atoms with E-state index in [1.807, 2.05) is 20.1 Å². The molecule has 0 fully saturated rings. The maximum atomic E-state index is 13.2. The van der Waals surface area contributed by atoms with Crippen molar-refractivity contribution in [1.29, 1.82) is 0 Å². The molecule has 4 N–H and O–H groups in total. The first-order valence-corrected chi connectivity index (χ1v) is 8.20. The van der Waals surface area contributed by atoms with Crippen LogP contribution in [-0.2, 0) is 16.1 Å². The summed E-state index contributed by atoms with van der Waals surface area (Å²) in [7, 11) is 0. The van der Waals surface area contributed by atoms with Crippen molar-refractivity contribution in [3.8, 4) is 0 Å². The second-order valence-corrected chi connectivity index (χ2v) is 6.07. The number of carbonyl (C=O) groups is 2. The Bertz CT molecular complexity index is 543. The largest absolute Gasteiger partial charge is 0.350 e. The first kappa shape index (κ1) is 21.7. The molecule has 0 saturated carbocycles. The van der Waals surface area contributed by atoms with Crippen LogP contribution >= 0.6 is 24.2 Å². The minimum atomic E-state index is -0.640. The molecule has 0 saturated heterocycles. The third-order valence-corrected chi connectivity index (χ3v) is 4.00. The molecule has 8 heteroatoms. The Balaban J connectivity index is 0.00000484. The molecule has 0 bridgehead atoms. The number of thioether (sulfide) groups is 1. The van der Waals surface area contributed by atoms with Gasteiger partial charge < -0.3 is 16.4 Å². The van der Waals surface area contributed by atoms with Crippen LogP contribution in [0.5, 0.6) is 0 Å². The Morgan fingerprint density at radius 3 is 2.52 bits per heavy atom. The lowest BCUT2D eigenvalue weighted by atomic mass is 10.1. The Morgan fingerprint density at radius 2 is 1.96 bits per heavy atom. The fourth-order valence-electron chi connectivity index (χ4n) is 1.73. The first-order chi connectivity index (χ1) is 10.3. The Labute approximate surface area is 146 Å². The second kappa shape index (κ2) is 10.5. The molecule has 2 amide bonds. The number of carbonyl (C=O) groups excluding carboxylic acids is 2. The highest BCUT2D eigenvalue weighted by Gasteiger charge is 2.17. The highest BCUT2D eigenvalue weighted by Crippen LogP contribution is 2.20. The van der Waals surface area contributed by atoms with Crippen LogP contribution in [0.15, 0.2) is 23.1 Å². The van der Waals surface area contributed by atoms with Crippen LogP contribution in [0.25, 0.3) is 0 Å². The fourth-order valence-corrected chi connectivity index (χ4v) is 2.33. The van der Waals surface area contributed by atoms with Gasteiger partial charge in [-0.1, -0.05) is 13.8 Å². The summed E-state index contributed by atoms with van der Waals surface area (Å²) in [5.74, 6) is -1.06. The molecule has 1 aromatic rings. The number of halogens is 2. The van der Waals surface area contributed by atoms with Gasteiger partial charge in [0.05, 0.1) is 12.6 Å². The lowest BCUT2D eigenvalue weighted by Gasteiger charge is -2.15. The highest BCUT2D eigenvalue weighted by molar-refractivity contribution is 7.98. The first-order valence-electron chi connectivity index (χ1n) is 6.97. The van der Waals surface area contributed by atoms with E-state index in [4.69, 9.17) is 5.73 Å². The maximum absolute atomic E-state index is 13.2. The number of rotatable bonds is 7. The van der Waals surface area contributed by atoms with E-state index in [1.54, 1.807) is 6.07 Å². The van der Waals surface area contributed by atoms with Gasteiger partial charge in [-0.2, -0.15) is 0 Å². The van der Waals surface area contributed by atoms with Crippen LogP contribution in [0.4, 0.5) is 4.39 Å². The van der Waals surface area contributed by atoms with Crippen LogP contribution in [0, 0.1) is 11.7 Å². The quantitative estimate of drug-likeness (QED) is 0.643. The molecule has 0 aromatic heterocycles. The van der Waals surface area contributed by atoms with Crippen molar-refractivity contribution in [2.24, 2.45) is 11.7 Å². The van der Waals surface area contributed by atoms with Gasteiger partial charge in [-0.15, -0.1) is 24.2 Å². The molecule has 1 atom stereocenters. The molecule has 5 nitrogen and oxygen atoms in total. The molecule has 0 radical (unpaired) electrons. The van der Waals surface area contributed by atoms with Crippen LogP contribution in [-0.4, -0.2) is 30.7 Å². The van der Waals surface area contributed by atoms with E-state index in [2.05, 4.69) is 10.6 Å². The molecule has 0 aliphatic heterocycles. The van der Waals surface area contributed by atoms with Gasteiger partial charge in [0.15, 0.2) is 0 Å². The number of benzene rings is 1. The summed E-state index contributed by atoms with van der Waals surface area (Å²) in [5.41, 5.74) is 6.38. The number of nitrogens with one attached hydrogen (secondary N) is 2. The Kier molecular flexibility index (Phi) is 9.87. The lowest BCUT2D eigenvalue weighted by molar-refractivity contribution is -0.127. The zero-order valence-corrected chi connectivity index (χ0v) is 15.0. The van der Waals surface area contributed by atoms with E-state index in [0.29, 0.717) is 5.56 Å². The van der Waals surface area contributed by atoms with E-state index in [0.717, 1.165) is 4.90 Å². The van der Waals surface area contributed by atoms with Crippen molar-refractivity contribution < 1.29 is 14.0 Å². The summed E-state index contributed by atoms with van der Waals surface area (Å²) in [5, 5.41) is 5.13. The van der Waals surface area contributed by atoms with Crippen molar-refractivity contribution in [3.63, 3.8) is 0 Å². The number of hydrogen-bond donors (Lipinski definition) is 3. The average molecular weight is 364 g/mol. The summed E-state index contributed by atoms with van der Waals surface area (Å²) < 4.78 is 13.2. The lowest BCUT2D eigenvalue weighted by Crippen LogP contribution is -2.47. The van der Waals surface area contributed by atoms with E-state index in [1.165, 1.54) is 23.9 Å². The molecule has 130 valence electrons. The van der Waals surface area contributed by atoms with E-state index in [9.17, 15) is 14.0 Å². The molecule has 0 heterocycles. The Hall–Kier alpha value is -1.31. The topological polar surface area (TPSA) is 84.2 Å². The molecular weight excluding hydrogens is 341 g/mol. The van der Waals surface area contributed by atoms with Gasteiger partial charge in [-0.3, -0.25) is 9.59 Å². The molecule has 0 unspecified atom stereocenters. The molecule has 1 aromatic carbocycles.